The van der Waals surface area contributed by atoms with Crippen LogP contribution in [0.15, 0.2) is 30.3 Å². The predicted octanol–water partition coefficient (Wildman–Crippen LogP) is 3.46. The molecule has 6 nitrogen and oxygen atoms in total. The molecule has 1 saturated carbocycles. The molecule has 6 heteroatoms. The smallest absolute Gasteiger partial charge is 0.274 e. The lowest BCUT2D eigenvalue weighted by atomic mass is 10.2. The van der Waals surface area contributed by atoms with Crippen molar-refractivity contribution in [2.75, 3.05) is 28.6 Å². The van der Waals surface area contributed by atoms with Gasteiger partial charge in [0.2, 0.25) is 0 Å². The summed E-state index contributed by atoms with van der Waals surface area (Å²) in [5.41, 5.74) is 2.29. The number of carbonyl (C=O) groups is 1. The summed E-state index contributed by atoms with van der Waals surface area (Å²) < 4.78 is 0. The minimum atomic E-state index is -0.222. The lowest BCUT2D eigenvalue weighted by molar-refractivity contribution is 0.102. The van der Waals surface area contributed by atoms with Crippen LogP contribution in [0, 0.1) is 6.92 Å². The third-order valence-corrected chi connectivity index (χ3v) is 4.25. The molecule has 132 valence electrons. The number of benzene rings is 1. The van der Waals surface area contributed by atoms with Gasteiger partial charge in [0.1, 0.15) is 17.3 Å². The average molecular weight is 339 g/mol. The lowest BCUT2D eigenvalue weighted by Crippen LogP contribution is -2.21. The molecular weight excluding hydrogens is 314 g/mol. The zero-order valence-corrected chi connectivity index (χ0v) is 15.0. The second kappa shape index (κ2) is 7.51. The number of hydrogen-bond acceptors (Lipinski definition) is 5. The SMILES string of the molecule is CCN(CC)c1ccc(NC(=O)c2cc(NC3CC3)nc(C)n2)cc1. The Morgan fingerprint density at radius 2 is 1.84 bits per heavy atom. The largest absolute Gasteiger partial charge is 0.372 e. The van der Waals surface area contributed by atoms with Crippen LogP contribution in [0.1, 0.15) is 43.0 Å². The molecule has 1 aromatic heterocycles. The van der Waals surface area contributed by atoms with E-state index in [1.54, 1.807) is 13.0 Å². The summed E-state index contributed by atoms with van der Waals surface area (Å²) in [7, 11) is 0. The topological polar surface area (TPSA) is 70.2 Å². The summed E-state index contributed by atoms with van der Waals surface area (Å²) >= 11 is 0. The third kappa shape index (κ3) is 4.47. The van der Waals surface area contributed by atoms with Gasteiger partial charge in [0, 0.05) is 36.6 Å². The fourth-order valence-corrected chi connectivity index (χ4v) is 2.73. The fraction of sp³-hybridized carbons (Fsp3) is 0.421. The van der Waals surface area contributed by atoms with E-state index in [4.69, 9.17) is 0 Å². The molecule has 0 saturated heterocycles. The maximum atomic E-state index is 12.5. The first-order valence-corrected chi connectivity index (χ1v) is 8.87. The van der Waals surface area contributed by atoms with Gasteiger partial charge in [0.15, 0.2) is 0 Å². The van der Waals surface area contributed by atoms with Crippen molar-refractivity contribution in [3.63, 3.8) is 0 Å². The number of aromatic nitrogens is 2. The van der Waals surface area contributed by atoms with Gasteiger partial charge in [-0.1, -0.05) is 0 Å². The monoisotopic (exact) mass is 339 g/mol. The van der Waals surface area contributed by atoms with Crippen molar-refractivity contribution < 1.29 is 4.79 Å². The van der Waals surface area contributed by atoms with Crippen molar-refractivity contribution >= 4 is 23.1 Å². The number of anilines is 3. The minimum Gasteiger partial charge on any atom is -0.372 e. The van der Waals surface area contributed by atoms with Crippen molar-refractivity contribution in [3.05, 3.63) is 41.9 Å². The van der Waals surface area contributed by atoms with E-state index < -0.39 is 0 Å². The van der Waals surface area contributed by atoms with Crippen LogP contribution < -0.4 is 15.5 Å². The summed E-state index contributed by atoms with van der Waals surface area (Å²) in [6, 6.07) is 10.1. The van der Waals surface area contributed by atoms with E-state index in [2.05, 4.69) is 39.3 Å². The summed E-state index contributed by atoms with van der Waals surface area (Å²) in [6.45, 7) is 7.97. The highest BCUT2D eigenvalue weighted by Gasteiger charge is 2.22. The highest BCUT2D eigenvalue weighted by atomic mass is 16.1. The van der Waals surface area contributed by atoms with Crippen LogP contribution in [-0.4, -0.2) is 35.0 Å². The Kier molecular flexibility index (Phi) is 5.16. The van der Waals surface area contributed by atoms with Crippen LogP contribution in [-0.2, 0) is 0 Å². The zero-order valence-electron chi connectivity index (χ0n) is 15.0. The summed E-state index contributed by atoms with van der Waals surface area (Å²) in [5, 5.41) is 6.22. The van der Waals surface area contributed by atoms with E-state index in [0.717, 1.165) is 43.1 Å². The summed E-state index contributed by atoms with van der Waals surface area (Å²) in [5.74, 6) is 1.09. The molecular formula is C19H25N5O. The van der Waals surface area contributed by atoms with Crippen LogP contribution in [0.25, 0.3) is 0 Å². The van der Waals surface area contributed by atoms with E-state index in [1.165, 1.54) is 0 Å². The van der Waals surface area contributed by atoms with Gasteiger partial charge in [-0.25, -0.2) is 9.97 Å². The van der Waals surface area contributed by atoms with Gasteiger partial charge >= 0.3 is 0 Å². The standard InChI is InChI=1S/C19H25N5O/c1-4-24(5-2)16-10-8-15(9-11-16)23-19(25)17-12-18(21-13(3)20-17)22-14-6-7-14/h8-12,14H,4-7H2,1-3H3,(H,23,25)(H,20,21,22). The average Bonchev–Trinajstić information content (AvgIpc) is 3.41. The third-order valence-electron chi connectivity index (χ3n) is 4.25. The Balaban J connectivity index is 1.70. The molecule has 0 unspecified atom stereocenters. The van der Waals surface area contributed by atoms with Gasteiger partial charge in [0.25, 0.3) is 5.91 Å². The quantitative estimate of drug-likeness (QED) is 0.808. The molecule has 0 spiro atoms. The van der Waals surface area contributed by atoms with Crippen molar-refractivity contribution in [2.45, 2.75) is 39.7 Å². The Labute approximate surface area is 148 Å². The molecule has 25 heavy (non-hydrogen) atoms. The molecule has 1 aliphatic carbocycles. The van der Waals surface area contributed by atoms with E-state index >= 15 is 0 Å². The molecule has 1 fully saturated rings. The second-order valence-corrected chi connectivity index (χ2v) is 6.28. The van der Waals surface area contributed by atoms with E-state index in [-0.39, 0.29) is 5.91 Å². The van der Waals surface area contributed by atoms with Crippen LogP contribution in [0.4, 0.5) is 17.2 Å². The first kappa shape index (κ1) is 17.2. The van der Waals surface area contributed by atoms with Crippen LogP contribution >= 0.6 is 0 Å². The molecule has 0 bridgehead atoms. The molecule has 0 radical (unpaired) electrons. The number of nitrogens with zero attached hydrogens (tertiary/aromatic N) is 3. The van der Waals surface area contributed by atoms with Crippen molar-refractivity contribution in [2.24, 2.45) is 0 Å². The normalized spacial score (nSPS) is 13.4. The molecule has 2 aromatic rings. The van der Waals surface area contributed by atoms with Crippen LogP contribution in [0.5, 0.6) is 0 Å². The second-order valence-electron chi connectivity index (χ2n) is 6.28. The van der Waals surface area contributed by atoms with Gasteiger partial charge in [0.05, 0.1) is 0 Å². The van der Waals surface area contributed by atoms with E-state index in [1.807, 2.05) is 24.3 Å². The van der Waals surface area contributed by atoms with Gasteiger partial charge in [-0.3, -0.25) is 4.79 Å². The van der Waals surface area contributed by atoms with Crippen molar-refractivity contribution in [1.82, 2.24) is 9.97 Å². The van der Waals surface area contributed by atoms with Gasteiger partial charge < -0.3 is 15.5 Å². The van der Waals surface area contributed by atoms with Crippen molar-refractivity contribution in [3.8, 4) is 0 Å². The fourth-order valence-electron chi connectivity index (χ4n) is 2.73. The minimum absolute atomic E-state index is 0.222. The van der Waals surface area contributed by atoms with Crippen LogP contribution in [0.2, 0.25) is 0 Å². The predicted molar refractivity (Wildman–Crippen MR) is 101 cm³/mol. The molecule has 2 N–H and O–H groups in total. The lowest BCUT2D eigenvalue weighted by Gasteiger charge is -2.21. The molecule has 0 aliphatic heterocycles. The molecule has 1 aliphatic rings. The van der Waals surface area contributed by atoms with E-state index in [0.29, 0.717) is 17.6 Å². The first-order chi connectivity index (χ1) is 12.1. The Hall–Kier alpha value is -2.63. The maximum Gasteiger partial charge on any atom is 0.274 e. The Morgan fingerprint density at radius 1 is 1.16 bits per heavy atom. The molecule has 1 heterocycles. The number of rotatable bonds is 7. The van der Waals surface area contributed by atoms with E-state index in [9.17, 15) is 4.79 Å². The molecule has 0 atom stereocenters. The Morgan fingerprint density at radius 3 is 2.44 bits per heavy atom. The number of nitrogens with one attached hydrogen (secondary N) is 2. The van der Waals surface area contributed by atoms with Crippen molar-refractivity contribution in [1.29, 1.82) is 0 Å². The Bertz CT molecular complexity index is 736. The summed E-state index contributed by atoms with van der Waals surface area (Å²) in [4.78, 5) is 23.4. The molecule has 1 amide bonds. The zero-order chi connectivity index (χ0) is 17.8. The number of hydrogen-bond donors (Lipinski definition) is 2. The molecule has 1 aromatic carbocycles. The summed E-state index contributed by atoms with van der Waals surface area (Å²) in [6.07, 6.45) is 2.31. The molecule has 3 rings (SSSR count). The number of carbonyl (C=O) groups excluding carboxylic acids is 1. The maximum absolute atomic E-state index is 12.5. The highest BCUT2D eigenvalue weighted by Crippen LogP contribution is 2.24. The number of aryl methyl sites for hydroxylation is 1. The highest BCUT2D eigenvalue weighted by molar-refractivity contribution is 6.03. The van der Waals surface area contributed by atoms with Crippen LogP contribution in [0.3, 0.4) is 0 Å². The van der Waals surface area contributed by atoms with Gasteiger partial charge in [-0.15, -0.1) is 0 Å². The van der Waals surface area contributed by atoms with Gasteiger partial charge in [-0.05, 0) is 57.9 Å². The first-order valence-electron chi connectivity index (χ1n) is 8.87. The number of amides is 1. The van der Waals surface area contributed by atoms with Gasteiger partial charge in [-0.2, -0.15) is 0 Å².